The first-order valence-electron chi connectivity index (χ1n) is 2.30. The molecule has 68 valence electrons. The summed E-state index contributed by atoms with van der Waals surface area (Å²) < 4.78 is 56.3. The Kier molecular flexibility index (Phi) is 2.97. The van der Waals surface area contributed by atoms with E-state index in [1.165, 1.54) is 0 Å². The van der Waals surface area contributed by atoms with Crippen molar-refractivity contribution in [1.82, 2.24) is 0 Å². The molecule has 9 heteroatoms. The SMILES string of the molecule is NC(CS(=O)(=O)O)S(=O)(=O)O. The maximum Gasteiger partial charge on any atom is 0.281 e. The molecule has 0 fully saturated rings. The first kappa shape index (κ1) is 10.8. The standard InChI is InChI=1S/C2H7NO6S2/c3-2(11(7,8)9)1-10(4,5)6/h2H,1,3H2,(H,4,5,6)(H,7,8,9). The van der Waals surface area contributed by atoms with Crippen LogP contribution in [-0.2, 0) is 20.2 Å². The Morgan fingerprint density at radius 1 is 1.18 bits per heavy atom. The fourth-order valence-corrected chi connectivity index (χ4v) is 1.91. The lowest BCUT2D eigenvalue weighted by molar-refractivity contribution is 0.458. The molecule has 1 unspecified atom stereocenters. The Bertz CT molecular complexity index is 312. The number of nitrogens with two attached hydrogens (primary N) is 1. The summed E-state index contributed by atoms with van der Waals surface area (Å²) in [5.74, 6) is -1.22. The summed E-state index contributed by atoms with van der Waals surface area (Å²) in [5, 5.41) is -2.00. The molecule has 0 aromatic heterocycles. The van der Waals surface area contributed by atoms with Crippen molar-refractivity contribution in [2.75, 3.05) is 5.75 Å². The van der Waals surface area contributed by atoms with Crippen molar-refractivity contribution in [1.29, 1.82) is 0 Å². The summed E-state index contributed by atoms with van der Waals surface area (Å²) in [4.78, 5) is 0. The fourth-order valence-electron chi connectivity index (χ4n) is 0.294. The Labute approximate surface area is 63.7 Å². The normalized spacial score (nSPS) is 16.3. The zero-order chi connectivity index (χ0) is 9.28. The van der Waals surface area contributed by atoms with Gasteiger partial charge in [0.2, 0.25) is 0 Å². The molecule has 1 atom stereocenters. The molecule has 0 aliphatic carbocycles. The maximum absolute atomic E-state index is 10.1. The molecule has 0 aromatic rings. The molecule has 7 nitrogen and oxygen atoms in total. The highest BCUT2D eigenvalue weighted by molar-refractivity contribution is 7.90. The van der Waals surface area contributed by atoms with Gasteiger partial charge in [0.15, 0.2) is 0 Å². The quantitative estimate of drug-likeness (QED) is 0.455. The second-order valence-electron chi connectivity index (χ2n) is 1.80. The van der Waals surface area contributed by atoms with Crippen LogP contribution < -0.4 is 5.73 Å². The van der Waals surface area contributed by atoms with E-state index in [4.69, 9.17) is 9.11 Å². The van der Waals surface area contributed by atoms with Gasteiger partial charge in [0.25, 0.3) is 20.2 Å². The molecule has 0 aliphatic rings. The smallest absolute Gasteiger partial charge is 0.281 e. The van der Waals surface area contributed by atoms with Crippen molar-refractivity contribution in [3.05, 3.63) is 0 Å². The van der Waals surface area contributed by atoms with Gasteiger partial charge in [-0.25, -0.2) is 0 Å². The summed E-state index contributed by atoms with van der Waals surface area (Å²) in [6, 6.07) is 0. The van der Waals surface area contributed by atoms with Gasteiger partial charge >= 0.3 is 0 Å². The first-order valence-corrected chi connectivity index (χ1v) is 5.41. The van der Waals surface area contributed by atoms with E-state index in [2.05, 4.69) is 5.73 Å². The first-order chi connectivity index (χ1) is 4.63. The van der Waals surface area contributed by atoms with Crippen LogP contribution in [0.1, 0.15) is 0 Å². The van der Waals surface area contributed by atoms with Crippen LogP contribution in [0, 0.1) is 0 Å². The summed E-state index contributed by atoms with van der Waals surface area (Å²) >= 11 is 0. The Hall–Kier alpha value is -0.220. The van der Waals surface area contributed by atoms with Crippen molar-refractivity contribution in [2.45, 2.75) is 5.37 Å². The van der Waals surface area contributed by atoms with E-state index in [0.29, 0.717) is 0 Å². The number of hydrogen-bond donors (Lipinski definition) is 3. The second kappa shape index (κ2) is 3.03. The van der Waals surface area contributed by atoms with Crippen LogP contribution in [0.5, 0.6) is 0 Å². The van der Waals surface area contributed by atoms with Crippen molar-refractivity contribution in [2.24, 2.45) is 5.73 Å². The van der Waals surface area contributed by atoms with Gasteiger partial charge in [0.05, 0.1) is 0 Å². The molecule has 0 saturated carbocycles. The topological polar surface area (TPSA) is 135 Å². The summed E-state index contributed by atoms with van der Waals surface area (Å²) in [6.07, 6.45) is 0. The van der Waals surface area contributed by atoms with Gasteiger partial charge < -0.3 is 5.73 Å². The monoisotopic (exact) mass is 205 g/mol. The van der Waals surface area contributed by atoms with Gasteiger partial charge in [-0.15, -0.1) is 0 Å². The third-order valence-corrected chi connectivity index (χ3v) is 2.68. The van der Waals surface area contributed by atoms with E-state index < -0.39 is 31.4 Å². The Morgan fingerprint density at radius 3 is 1.64 bits per heavy atom. The van der Waals surface area contributed by atoms with Gasteiger partial charge in [0, 0.05) is 0 Å². The van der Waals surface area contributed by atoms with E-state index in [0.717, 1.165) is 0 Å². The second-order valence-corrected chi connectivity index (χ2v) is 4.93. The maximum atomic E-state index is 10.1. The van der Waals surface area contributed by atoms with E-state index in [1.807, 2.05) is 0 Å². The molecule has 0 saturated heterocycles. The van der Waals surface area contributed by atoms with Gasteiger partial charge in [-0.2, -0.15) is 16.8 Å². The molecule has 4 N–H and O–H groups in total. The summed E-state index contributed by atoms with van der Waals surface area (Å²) in [7, 11) is -9.07. The predicted molar refractivity (Wildman–Crippen MR) is 35.9 cm³/mol. The molecule has 0 amide bonds. The Morgan fingerprint density at radius 2 is 1.55 bits per heavy atom. The zero-order valence-corrected chi connectivity index (χ0v) is 6.84. The molecule has 0 bridgehead atoms. The van der Waals surface area contributed by atoms with Gasteiger partial charge in [-0.3, -0.25) is 9.11 Å². The van der Waals surface area contributed by atoms with Crippen LogP contribution in [0.4, 0.5) is 0 Å². The number of hydrogen-bond acceptors (Lipinski definition) is 5. The molecule has 0 radical (unpaired) electrons. The minimum Gasteiger partial charge on any atom is -0.312 e. The molecule has 0 aliphatic heterocycles. The summed E-state index contributed by atoms with van der Waals surface area (Å²) in [5.41, 5.74) is 4.66. The van der Waals surface area contributed by atoms with E-state index in [1.54, 1.807) is 0 Å². The van der Waals surface area contributed by atoms with Gasteiger partial charge in [0.1, 0.15) is 11.1 Å². The third-order valence-electron chi connectivity index (χ3n) is 0.757. The van der Waals surface area contributed by atoms with Crippen LogP contribution in [0.15, 0.2) is 0 Å². The molecule has 0 aromatic carbocycles. The highest BCUT2D eigenvalue weighted by Crippen LogP contribution is 1.94. The largest absolute Gasteiger partial charge is 0.312 e. The Balaban J connectivity index is 4.47. The molecule has 0 spiro atoms. The van der Waals surface area contributed by atoms with Gasteiger partial charge in [-0.1, -0.05) is 0 Å². The predicted octanol–water partition coefficient (Wildman–Crippen LogP) is -1.95. The van der Waals surface area contributed by atoms with Crippen molar-refractivity contribution < 1.29 is 25.9 Å². The van der Waals surface area contributed by atoms with Crippen LogP contribution in [0.2, 0.25) is 0 Å². The zero-order valence-electron chi connectivity index (χ0n) is 5.21. The van der Waals surface area contributed by atoms with Crippen molar-refractivity contribution in [3.8, 4) is 0 Å². The lowest BCUT2D eigenvalue weighted by atomic mass is 10.8. The molecule has 0 heterocycles. The lowest BCUT2D eigenvalue weighted by Gasteiger charge is -2.03. The number of rotatable bonds is 3. The fraction of sp³-hybridized carbons (Fsp3) is 1.00. The highest BCUT2D eigenvalue weighted by Gasteiger charge is 2.23. The summed E-state index contributed by atoms with van der Waals surface area (Å²) in [6.45, 7) is 0. The van der Waals surface area contributed by atoms with Crippen molar-refractivity contribution in [3.63, 3.8) is 0 Å². The lowest BCUT2D eigenvalue weighted by Crippen LogP contribution is -2.36. The molecular formula is C2H7NO6S2. The van der Waals surface area contributed by atoms with E-state index >= 15 is 0 Å². The molecule has 0 rings (SSSR count). The minimum absolute atomic E-state index is 1.22. The third kappa shape index (κ3) is 5.09. The van der Waals surface area contributed by atoms with Crippen LogP contribution in [0.25, 0.3) is 0 Å². The van der Waals surface area contributed by atoms with Crippen molar-refractivity contribution >= 4 is 20.2 Å². The highest BCUT2D eigenvalue weighted by atomic mass is 32.2. The van der Waals surface area contributed by atoms with E-state index in [-0.39, 0.29) is 0 Å². The van der Waals surface area contributed by atoms with Crippen LogP contribution in [-0.4, -0.2) is 37.1 Å². The van der Waals surface area contributed by atoms with Crippen LogP contribution in [0.3, 0.4) is 0 Å². The molecule has 11 heavy (non-hydrogen) atoms. The van der Waals surface area contributed by atoms with Gasteiger partial charge in [-0.05, 0) is 0 Å². The average molecular weight is 205 g/mol. The average Bonchev–Trinajstić information content (AvgIpc) is 1.56. The minimum atomic E-state index is -4.60. The van der Waals surface area contributed by atoms with Crippen LogP contribution >= 0.6 is 0 Å². The van der Waals surface area contributed by atoms with E-state index in [9.17, 15) is 16.8 Å². The molecular weight excluding hydrogens is 198 g/mol.